The molecule has 0 amide bonds. The third-order valence-electron chi connectivity index (χ3n) is 8.57. The van der Waals surface area contributed by atoms with E-state index in [-0.39, 0.29) is 0 Å². The summed E-state index contributed by atoms with van der Waals surface area (Å²) in [7, 11) is 0. The van der Waals surface area contributed by atoms with Crippen LogP contribution in [-0.4, -0.2) is 9.13 Å². The molecule has 9 aromatic rings. The van der Waals surface area contributed by atoms with Gasteiger partial charge in [0, 0.05) is 43.7 Å². The number of nitriles is 2. The molecule has 0 unspecified atom stereocenters. The first kappa shape index (κ1) is 23.4. The van der Waals surface area contributed by atoms with Crippen LogP contribution < -0.4 is 0 Å². The van der Waals surface area contributed by atoms with Crippen LogP contribution in [0.15, 0.2) is 126 Å². The lowest BCUT2D eigenvalue weighted by molar-refractivity contribution is 0.666. The molecule has 0 aliphatic rings. The summed E-state index contributed by atoms with van der Waals surface area (Å²) in [5, 5.41) is 26.2. The molecule has 0 fully saturated rings. The number of aromatic nitrogens is 2. The number of fused-ring (bicyclic) bond motifs is 10. The lowest BCUT2D eigenvalue weighted by Crippen LogP contribution is -1.98. The molecule has 0 radical (unpaired) electrons. The summed E-state index contributed by atoms with van der Waals surface area (Å²) < 4.78 is 10.8. The first-order chi connectivity index (χ1) is 21.3. The monoisotopic (exact) mass is 548 g/mol. The van der Waals surface area contributed by atoms with Crippen molar-refractivity contribution in [3.05, 3.63) is 132 Å². The van der Waals surface area contributed by atoms with Crippen LogP contribution in [0.25, 0.3) is 76.9 Å². The van der Waals surface area contributed by atoms with Gasteiger partial charge in [-0.05, 0) is 48.5 Å². The Bertz CT molecular complexity index is 2650. The molecule has 0 saturated heterocycles. The molecule has 9 rings (SSSR count). The highest BCUT2D eigenvalue weighted by Crippen LogP contribution is 2.43. The SMILES string of the molecule is N#Cc1cccc2c1oc1c(C#N)cc3c(c4ccccc4n3-c3cccc(-n4c5ccccc5c5ccccc54)c3)c12. The maximum Gasteiger partial charge on any atom is 0.154 e. The molecule has 0 aliphatic carbocycles. The first-order valence-corrected chi connectivity index (χ1v) is 14.1. The zero-order valence-electron chi connectivity index (χ0n) is 22.7. The van der Waals surface area contributed by atoms with E-state index in [1.54, 1.807) is 6.07 Å². The molecular formula is C38H20N4O. The quantitative estimate of drug-likeness (QED) is 0.216. The Morgan fingerprint density at radius 3 is 1.63 bits per heavy atom. The summed E-state index contributed by atoms with van der Waals surface area (Å²) in [5.41, 5.74) is 8.18. The van der Waals surface area contributed by atoms with Gasteiger partial charge in [-0.2, -0.15) is 10.5 Å². The molecule has 0 aliphatic heterocycles. The fourth-order valence-corrected chi connectivity index (χ4v) is 6.84. The molecule has 5 nitrogen and oxygen atoms in total. The lowest BCUT2D eigenvalue weighted by Gasteiger charge is -2.13. The van der Waals surface area contributed by atoms with Gasteiger partial charge >= 0.3 is 0 Å². The number of rotatable bonds is 2. The second-order valence-corrected chi connectivity index (χ2v) is 10.8. The lowest BCUT2D eigenvalue weighted by atomic mass is 10.0. The zero-order valence-corrected chi connectivity index (χ0v) is 22.7. The van der Waals surface area contributed by atoms with Gasteiger partial charge in [0.1, 0.15) is 12.1 Å². The van der Waals surface area contributed by atoms with Gasteiger partial charge in [0.05, 0.1) is 33.2 Å². The van der Waals surface area contributed by atoms with Crippen molar-refractivity contribution in [2.24, 2.45) is 0 Å². The van der Waals surface area contributed by atoms with Gasteiger partial charge in [-0.15, -0.1) is 0 Å². The average molecular weight is 549 g/mol. The normalized spacial score (nSPS) is 11.7. The minimum absolute atomic E-state index is 0.435. The summed E-state index contributed by atoms with van der Waals surface area (Å²) >= 11 is 0. The highest BCUT2D eigenvalue weighted by Gasteiger charge is 2.23. The van der Waals surface area contributed by atoms with Crippen molar-refractivity contribution in [3.63, 3.8) is 0 Å². The molecule has 0 saturated carbocycles. The van der Waals surface area contributed by atoms with Crippen molar-refractivity contribution < 1.29 is 4.42 Å². The van der Waals surface area contributed by atoms with E-state index in [2.05, 4.69) is 106 Å². The van der Waals surface area contributed by atoms with E-state index in [4.69, 9.17) is 4.42 Å². The Kier molecular flexibility index (Phi) is 4.68. The topological polar surface area (TPSA) is 70.6 Å². The maximum atomic E-state index is 10.3. The Balaban J connectivity index is 1.41. The van der Waals surface area contributed by atoms with Gasteiger partial charge in [0.15, 0.2) is 11.2 Å². The third-order valence-corrected chi connectivity index (χ3v) is 8.57. The van der Waals surface area contributed by atoms with E-state index in [9.17, 15) is 10.5 Å². The molecule has 0 N–H and O–H groups in total. The molecule has 43 heavy (non-hydrogen) atoms. The second-order valence-electron chi connectivity index (χ2n) is 10.8. The largest absolute Gasteiger partial charge is 0.453 e. The van der Waals surface area contributed by atoms with Crippen LogP contribution in [0, 0.1) is 22.7 Å². The van der Waals surface area contributed by atoms with Crippen LogP contribution in [0.2, 0.25) is 0 Å². The average Bonchev–Trinajstić information content (AvgIpc) is 3.72. The van der Waals surface area contributed by atoms with Crippen molar-refractivity contribution in [3.8, 4) is 23.5 Å². The smallest absolute Gasteiger partial charge is 0.154 e. The predicted molar refractivity (Wildman–Crippen MR) is 172 cm³/mol. The highest BCUT2D eigenvalue weighted by molar-refractivity contribution is 6.28. The van der Waals surface area contributed by atoms with Crippen molar-refractivity contribution in [1.82, 2.24) is 9.13 Å². The van der Waals surface area contributed by atoms with Crippen molar-refractivity contribution in [2.75, 3.05) is 0 Å². The van der Waals surface area contributed by atoms with Crippen LogP contribution in [0.4, 0.5) is 0 Å². The van der Waals surface area contributed by atoms with Gasteiger partial charge in [-0.1, -0.05) is 72.8 Å². The van der Waals surface area contributed by atoms with E-state index in [1.807, 2.05) is 30.3 Å². The number of para-hydroxylation sites is 4. The standard InChI is InChI=1S/C38H20N4O/c39-21-23-9-7-15-30-36-35-29-14-3-6-18-33(29)42(34(35)19-24(22-40)38(36)43-37(23)30)26-11-8-10-25(20-26)41-31-16-4-1-12-27(31)28-13-2-5-17-32(28)41/h1-20H. The van der Waals surface area contributed by atoms with Crippen molar-refractivity contribution in [2.45, 2.75) is 0 Å². The van der Waals surface area contributed by atoms with Gasteiger partial charge in [-0.3, -0.25) is 0 Å². The molecular weight excluding hydrogens is 528 g/mol. The summed E-state index contributed by atoms with van der Waals surface area (Å²) in [6, 6.07) is 46.0. The Hall–Kier alpha value is -6.30. The van der Waals surface area contributed by atoms with Gasteiger partial charge in [0.25, 0.3) is 0 Å². The van der Waals surface area contributed by atoms with Crippen LogP contribution in [0.3, 0.4) is 0 Å². The Morgan fingerprint density at radius 1 is 0.442 bits per heavy atom. The summed E-state index contributed by atoms with van der Waals surface area (Å²) in [5.74, 6) is 0. The van der Waals surface area contributed by atoms with Gasteiger partial charge < -0.3 is 13.6 Å². The fourth-order valence-electron chi connectivity index (χ4n) is 6.84. The number of furan rings is 1. The van der Waals surface area contributed by atoms with Crippen LogP contribution in [0.5, 0.6) is 0 Å². The van der Waals surface area contributed by atoms with E-state index >= 15 is 0 Å². The number of hydrogen-bond acceptors (Lipinski definition) is 3. The molecule has 6 aromatic carbocycles. The molecule has 0 spiro atoms. The van der Waals surface area contributed by atoms with E-state index in [0.717, 1.165) is 55.0 Å². The summed E-state index contributed by atoms with van der Waals surface area (Å²) in [6.07, 6.45) is 0. The van der Waals surface area contributed by atoms with Crippen LogP contribution in [0.1, 0.15) is 11.1 Å². The highest BCUT2D eigenvalue weighted by atomic mass is 16.3. The maximum absolute atomic E-state index is 10.3. The first-order valence-electron chi connectivity index (χ1n) is 14.1. The Morgan fingerprint density at radius 2 is 0.977 bits per heavy atom. The summed E-state index contributed by atoms with van der Waals surface area (Å²) in [4.78, 5) is 0. The second kappa shape index (κ2) is 8.60. The molecule has 0 bridgehead atoms. The minimum atomic E-state index is 0.435. The van der Waals surface area contributed by atoms with Crippen molar-refractivity contribution >= 4 is 65.6 Å². The fraction of sp³-hybridized carbons (Fsp3) is 0. The molecule has 198 valence electrons. The van der Waals surface area contributed by atoms with Crippen LogP contribution >= 0.6 is 0 Å². The minimum Gasteiger partial charge on any atom is -0.453 e. The summed E-state index contributed by atoms with van der Waals surface area (Å²) in [6.45, 7) is 0. The molecule has 0 atom stereocenters. The van der Waals surface area contributed by atoms with Crippen LogP contribution in [-0.2, 0) is 0 Å². The van der Waals surface area contributed by atoms with E-state index in [0.29, 0.717) is 22.3 Å². The number of benzene rings is 6. The van der Waals surface area contributed by atoms with E-state index in [1.165, 1.54) is 10.8 Å². The van der Waals surface area contributed by atoms with Gasteiger partial charge in [-0.25, -0.2) is 0 Å². The molecule has 3 aromatic heterocycles. The van der Waals surface area contributed by atoms with Crippen molar-refractivity contribution in [1.29, 1.82) is 10.5 Å². The predicted octanol–water partition coefficient (Wildman–Crippen LogP) is 9.52. The van der Waals surface area contributed by atoms with Gasteiger partial charge in [0.2, 0.25) is 0 Å². The zero-order chi connectivity index (χ0) is 28.7. The third kappa shape index (κ3) is 3.08. The molecule has 5 heteroatoms. The van der Waals surface area contributed by atoms with E-state index < -0.39 is 0 Å². The molecule has 3 heterocycles. The number of hydrogen-bond donors (Lipinski definition) is 0. The number of nitrogens with zero attached hydrogens (tertiary/aromatic N) is 4. The Labute approximate surface area is 245 Å².